The molecule has 2 rings (SSSR count). The van der Waals surface area contributed by atoms with Crippen molar-refractivity contribution in [2.24, 2.45) is 0 Å². The number of halogens is 1. The van der Waals surface area contributed by atoms with E-state index in [1.807, 2.05) is 13.8 Å². The van der Waals surface area contributed by atoms with E-state index < -0.39 is 15.8 Å². The largest absolute Gasteiger partial charge is 0.494 e. The second kappa shape index (κ2) is 8.18. The van der Waals surface area contributed by atoms with Crippen LogP contribution in [0.25, 0.3) is 0 Å². The van der Waals surface area contributed by atoms with Crippen molar-refractivity contribution in [1.82, 2.24) is 4.90 Å². The van der Waals surface area contributed by atoms with Crippen LogP contribution in [0.2, 0.25) is 0 Å². The summed E-state index contributed by atoms with van der Waals surface area (Å²) in [6.07, 6.45) is 0. The Morgan fingerprint density at radius 3 is 2.42 bits per heavy atom. The number of carbonyl (C=O) groups is 1. The number of sulfonamides is 1. The van der Waals surface area contributed by atoms with Gasteiger partial charge in [-0.2, -0.15) is 0 Å². The average Bonchev–Trinajstić information content (AvgIpc) is 2.63. The zero-order valence-electron chi connectivity index (χ0n) is 14.8. The van der Waals surface area contributed by atoms with Gasteiger partial charge in [-0.15, -0.1) is 0 Å². The van der Waals surface area contributed by atoms with Crippen molar-refractivity contribution in [2.45, 2.75) is 18.7 Å². The molecule has 0 radical (unpaired) electrons. The van der Waals surface area contributed by atoms with E-state index in [-0.39, 0.29) is 27.8 Å². The van der Waals surface area contributed by atoms with Gasteiger partial charge in [-0.1, -0.05) is 12.1 Å². The lowest BCUT2D eigenvalue weighted by Crippen LogP contribution is -2.31. The van der Waals surface area contributed by atoms with E-state index in [0.717, 1.165) is 18.2 Å². The van der Waals surface area contributed by atoms with Crippen LogP contribution in [0.15, 0.2) is 47.4 Å². The highest BCUT2D eigenvalue weighted by Gasteiger charge is 2.22. The zero-order valence-corrected chi connectivity index (χ0v) is 15.6. The number of benzene rings is 2. The maximum atomic E-state index is 13.5. The molecular weight excluding hydrogens is 359 g/mol. The molecule has 0 aliphatic carbocycles. The van der Waals surface area contributed by atoms with E-state index in [0.29, 0.717) is 13.1 Å². The van der Waals surface area contributed by atoms with Gasteiger partial charge in [0.25, 0.3) is 15.9 Å². The minimum atomic E-state index is -4.03. The van der Waals surface area contributed by atoms with E-state index in [1.165, 1.54) is 13.2 Å². The third kappa shape index (κ3) is 4.13. The van der Waals surface area contributed by atoms with Crippen LogP contribution in [-0.4, -0.2) is 39.4 Å². The monoisotopic (exact) mass is 380 g/mol. The van der Waals surface area contributed by atoms with E-state index in [1.54, 1.807) is 23.1 Å². The Morgan fingerprint density at radius 1 is 1.15 bits per heavy atom. The molecule has 0 aliphatic heterocycles. The molecule has 0 bridgehead atoms. The summed E-state index contributed by atoms with van der Waals surface area (Å²) >= 11 is 0. The number of para-hydroxylation sites is 1. The van der Waals surface area contributed by atoms with Crippen LogP contribution in [-0.2, 0) is 10.0 Å². The highest BCUT2D eigenvalue weighted by atomic mass is 32.2. The van der Waals surface area contributed by atoms with Crippen LogP contribution < -0.4 is 9.46 Å². The fourth-order valence-corrected chi connectivity index (χ4v) is 3.55. The summed E-state index contributed by atoms with van der Waals surface area (Å²) in [6.45, 7) is 4.70. The minimum Gasteiger partial charge on any atom is -0.494 e. The predicted molar refractivity (Wildman–Crippen MR) is 97.5 cm³/mol. The fourth-order valence-electron chi connectivity index (χ4n) is 2.45. The van der Waals surface area contributed by atoms with Gasteiger partial charge in [0.1, 0.15) is 0 Å². The standard InChI is InChI=1S/C18H21FN2O4S/c1-4-21(5-2)18(22)14-8-6-7-9-16(14)20-26(23,24)13-10-11-15(19)17(12-13)25-3/h6-12,20H,4-5H2,1-3H3. The number of methoxy groups -OCH3 is 1. The first-order valence-electron chi connectivity index (χ1n) is 8.08. The molecule has 26 heavy (non-hydrogen) atoms. The number of amides is 1. The minimum absolute atomic E-state index is 0.160. The van der Waals surface area contributed by atoms with Crippen LogP contribution >= 0.6 is 0 Å². The van der Waals surface area contributed by atoms with Gasteiger partial charge in [0.2, 0.25) is 0 Å². The zero-order chi connectivity index (χ0) is 19.3. The molecule has 2 aromatic carbocycles. The SMILES string of the molecule is CCN(CC)C(=O)c1ccccc1NS(=O)(=O)c1ccc(F)c(OC)c1. The van der Waals surface area contributed by atoms with Crippen molar-refractivity contribution in [3.63, 3.8) is 0 Å². The normalized spacial score (nSPS) is 11.1. The Kier molecular flexibility index (Phi) is 6.20. The number of nitrogens with one attached hydrogen (secondary N) is 1. The first-order valence-corrected chi connectivity index (χ1v) is 9.57. The molecule has 0 spiro atoms. The maximum Gasteiger partial charge on any atom is 0.262 e. The summed E-state index contributed by atoms with van der Waals surface area (Å²) in [5.74, 6) is -1.12. The third-order valence-electron chi connectivity index (χ3n) is 3.89. The van der Waals surface area contributed by atoms with Crippen molar-refractivity contribution >= 4 is 21.6 Å². The van der Waals surface area contributed by atoms with Crippen molar-refractivity contribution in [3.05, 3.63) is 53.8 Å². The summed E-state index contributed by atoms with van der Waals surface area (Å²) < 4.78 is 46.1. The Morgan fingerprint density at radius 2 is 1.81 bits per heavy atom. The molecule has 0 aliphatic rings. The molecule has 8 heteroatoms. The summed E-state index contributed by atoms with van der Waals surface area (Å²) in [4.78, 5) is 14.0. The van der Waals surface area contributed by atoms with Gasteiger partial charge < -0.3 is 9.64 Å². The molecule has 0 heterocycles. The molecule has 0 aromatic heterocycles. The summed E-state index contributed by atoms with van der Waals surface area (Å²) in [6, 6.07) is 9.60. The van der Waals surface area contributed by atoms with Crippen molar-refractivity contribution < 1.29 is 22.3 Å². The summed E-state index contributed by atoms with van der Waals surface area (Å²) in [5.41, 5.74) is 0.404. The fraction of sp³-hybridized carbons (Fsp3) is 0.278. The average molecular weight is 380 g/mol. The summed E-state index contributed by atoms with van der Waals surface area (Å²) in [5, 5.41) is 0. The predicted octanol–water partition coefficient (Wildman–Crippen LogP) is 3.12. The van der Waals surface area contributed by atoms with Crippen LogP contribution in [0.4, 0.5) is 10.1 Å². The number of ether oxygens (including phenoxy) is 1. The Bertz CT molecular complexity index is 896. The van der Waals surface area contributed by atoms with E-state index in [9.17, 15) is 17.6 Å². The number of anilines is 1. The molecule has 0 saturated carbocycles. The molecule has 1 amide bonds. The van der Waals surface area contributed by atoms with Gasteiger partial charge in [-0.25, -0.2) is 12.8 Å². The van der Waals surface area contributed by atoms with Crippen LogP contribution in [0, 0.1) is 5.82 Å². The first kappa shape index (κ1) is 19.7. The summed E-state index contributed by atoms with van der Waals surface area (Å²) in [7, 11) is -2.77. The van der Waals surface area contributed by atoms with Gasteiger partial charge in [-0.3, -0.25) is 9.52 Å². The molecule has 0 saturated heterocycles. The van der Waals surface area contributed by atoms with Gasteiger partial charge in [0.05, 0.1) is 23.3 Å². The number of rotatable bonds is 7. The second-order valence-electron chi connectivity index (χ2n) is 5.42. The quantitative estimate of drug-likeness (QED) is 0.801. The smallest absolute Gasteiger partial charge is 0.262 e. The van der Waals surface area contributed by atoms with Crippen LogP contribution in [0.1, 0.15) is 24.2 Å². The van der Waals surface area contributed by atoms with E-state index in [2.05, 4.69) is 4.72 Å². The molecular formula is C18H21FN2O4S. The second-order valence-corrected chi connectivity index (χ2v) is 7.11. The third-order valence-corrected chi connectivity index (χ3v) is 5.25. The number of hydrogen-bond acceptors (Lipinski definition) is 4. The van der Waals surface area contributed by atoms with Gasteiger partial charge >= 0.3 is 0 Å². The molecule has 140 valence electrons. The van der Waals surface area contributed by atoms with Gasteiger partial charge in [0.15, 0.2) is 11.6 Å². The lowest BCUT2D eigenvalue weighted by atomic mass is 10.1. The lowest BCUT2D eigenvalue weighted by molar-refractivity contribution is 0.0774. The van der Waals surface area contributed by atoms with Gasteiger partial charge in [0, 0.05) is 19.2 Å². The molecule has 0 unspecified atom stereocenters. The Labute approximate surface area is 152 Å². The van der Waals surface area contributed by atoms with Crippen molar-refractivity contribution in [3.8, 4) is 5.75 Å². The molecule has 1 N–H and O–H groups in total. The topological polar surface area (TPSA) is 75.7 Å². The Hall–Kier alpha value is -2.61. The van der Waals surface area contributed by atoms with E-state index >= 15 is 0 Å². The molecule has 6 nitrogen and oxygen atoms in total. The number of hydrogen-bond donors (Lipinski definition) is 1. The first-order chi connectivity index (χ1) is 12.3. The van der Waals surface area contributed by atoms with Gasteiger partial charge in [-0.05, 0) is 38.1 Å². The van der Waals surface area contributed by atoms with Crippen molar-refractivity contribution in [1.29, 1.82) is 0 Å². The highest BCUT2D eigenvalue weighted by Crippen LogP contribution is 2.25. The Balaban J connectivity index is 2.40. The number of nitrogens with zero attached hydrogens (tertiary/aromatic N) is 1. The number of carbonyl (C=O) groups excluding carboxylic acids is 1. The van der Waals surface area contributed by atoms with Crippen LogP contribution in [0.5, 0.6) is 5.75 Å². The molecule has 0 atom stereocenters. The van der Waals surface area contributed by atoms with Crippen molar-refractivity contribution in [2.75, 3.05) is 24.9 Å². The van der Waals surface area contributed by atoms with E-state index in [4.69, 9.17) is 4.74 Å². The maximum absolute atomic E-state index is 13.5. The lowest BCUT2D eigenvalue weighted by Gasteiger charge is -2.20. The van der Waals surface area contributed by atoms with Crippen LogP contribution in [0.3, 0.4) is 0 Å². The molecule has 0 fully saturated rings. The molecule has 2 aromatic rings. The highest BCUT2D eigenvalue weighted by molar-refractivity contribution is 7.92.